The van der Waals surface area contributed by atoms with E-state index < -0.39 is 0 Å². The second kappa shape index (κ2) is 7.06. The van der Waals surface area contributed by atoms with Crippen LogP contribution in [-0.4, -0.2) is 15.6 Å². The molecule has 0 aliphatic heterocycles. The fourth-order valence-corrected chi connectivity index (χ4v) is 3.38. The van der Waals surface area contributed by atoms with Gasteiger partial charge in [0.2, 0.25) is 0 Å². The fourth-order valence-electron chi connectivity index (χ4n) is 3.38. The zero-order valence-electron chi connectivity index (χ0n) is 12.3. The van der Waals surface area contributed by atoms with Crippen LogP contribution in [0.1, 0.15) is 51.3 Å². The van der Waals surface area contributed by atoms with Gasteiger partial charge in [-0.25, -0.2) is 4.98 Å². The lowest BCUT2D eigenvalue weighted by Gasteiger charge is -2.33. The highest BCUT2D eigenvalue weighted by Gasteiger charge is 2.26. The van der Waals surface area contributed by atoms with Gasteiger partial charge < -0.3 is 4.57 Å². The quantitative estimate of drug-likeness (QED) is 0.613. The monoisotopic (exact) mass is 264 g/mol. The molecule has 1 saturated carbocycles. The van der Waals surface area contributed by atoms with E-state index in [0.717, 1.165) is 30.5 Å². The Bertz CT molecular complexity index is 366. The van der Waals surface area contributed by atoms with Gasteiger partial charge in [-0.1, -0.05) is 26.2 Å². The molecular formula is C15H28N4. The zero-order chi connectivity index (χ0) is 13.7. The summed E-state index contributed by atoms with van der Waals surface area (Å²) < 4.78 is 2.10. The van der Waals surface area contributed by atoms with Gasteiger partial charge in [-0.05, 0) is 31.1 Å². The lowest BCUT2D eigenvalue weighted by Crippen LogP contribution is -2.42. The minimum Gasteiger partial charge on any atom is -0.338 e. The summed E-state index contributed by atoms with van der Waals surface area (Å²) in [6, 6.07) is 0.439. The molecule has 0 radical (unpaired) electrons. The number of aromatic nitrogens is 2. The van der Waals surface area contributed by atoms with E-state index >= 15 is 0 Å². The third-order valence-electron chi connectivity index (χ3n) is 4.85. The Hall–Kier alpha value is -0.870. The van der Waals surface area contributed by atoms with Crippen molar-refractivity contribution in [2.45, 2.75) is 57.9 Å². The lowest BCUT2D eigenvalue weighted by atomic mass is 9.77. The first-order valence-corrected chi connectivity index (χ1v) is 7.66. The molecule has 1 aromatic heterocycles. The Morgan fingerprint density at radius 1 is 1.42 bits per heavy atom. The fraction of sp³-hybridized carbons (Fsp3) is 0.800. The van der Waals surface area contributed by atoms with Crippen molar-refractivity contribution in [2.75, 3.05) is 0 Å². The van der Waals surface area contributed by atoms with Gasteiger partial charge >= 0.3 is 0 Å². The summed E-state index contributed by atoms with van der Waals surface area (Å²) in [7, 11) is 2.06. The highest BCUT2D eigenvalue weighted by molar-refractivity contribution is 4.93. The molecule has 0 bridgehead atoms. The van der Waals surface area contributed by atoms with Crippen molar-refractivity contribution in [3.63, 3.8) is 0 Å². The number of aryl methyl sites for hydroxylation is 2. The van der Waals surface area contributed by atoms with Crippen LogP contribution in [0.3, 0.4) is 0 Å². The number of hydrazine groups is 1. The van der Waals surface area contributed by atoms with E-state index in [2.05, 4.69) is 28.9 Å². The molecule has 1 fully saturated rings. The molecule has 0 aromatic carbocycles. The summed E-state index contributed by atoms with van der Waals surface area (Å²) in [5.41, 5.74) is 3.05. The van der Waals surface area contributed by atoms with Crippen LogP contribution >= 0.6 is 0 Å². The molecule has 4 heteroatoms. The van der Waals surface area contributed by atoms with E-state index in [-0.39, 0.29) is 0 Å². The van der Waals surface area contributed by atoms with Crippen molar-refractivity contribution in [3.05, 3.63) is 18.2 Å². The first-order chi connectivity index (χ1) is 9.24. The predicted octanol–water partition coefficient (Wildman–Crippen LogP) is 2.40. The minimum atomic E-state index is 0.439. The highest BCUT2D eigenvalue weighted by Crippen LogP contribution is 2.33. The maximum absolute atomic E-state index is 5.77. The van der Waals surface area contributed by atoms with E-state index in [1.165, 1.54) is 32.1 Å². The molecule has 1 aliphatic rings. The molecule has 0 spiro atoms. The maximum atomic E-state index is 5.77. The number of nitrogens with zero attached hydrogens (tertiary/aromatic N) is 2. The van der Waals surface area contributed by atoms with Gasteiger partial charge in [-0.15, -0.1) is 0 Å². The van der Waals surface area contributed by atoms with E-state index in [1.807, 2.05) is 12.4 Å². The molecule has 19 heavy (non-hydrogen) atoms. The van der Waals surface area contributed by atoms with Crippen LogP contribution in [0.4, 0.5) is 0 Å². The van der Waals surface area contributed by atoms with E-state index in [9.17, 15) is 0 Å². The topological polar surface area (TPSA) is 55.9 Å². The average molecular weight is 264 g/mol. The zero-order valence-corrected chi connectivity index (χ0v) is 12.3. The molecule has 0 saturated heterocycles. The first kappa shape index (κ1) is 14.5. The molecule has 1 heterocycles. The SMILES string of the molecule is CCC1CCC(C(CCc2nccn2C)NN)CC1. The van der Waals surface area contributed by atoms with Gasteiger partial charge in [-0.3, -0.25) is 11.3 Å². The number of rotatable bonds is 6. The van der Waals surface area contributed by atoms with Crippen molar-refractivity contribution in [2.24, 2.45) is 24.7 Å². The van der Waals surface area contributed by atoms with Crippen molar-refractivity contribution in [1.82, 2.24) is 15.0 Å². The number of hydrogen-bond acceptors (Lipinski definition) is 3. The molecular weight excluding hydrogens is 236 g/mol. The van der Waals surface area contributed by atoms with Gasteiger partial charge in [0.15, 0.2) is 0 Å². The Balaban J connectivity index is 1.82. The molecule has 0 amide bonds. The summed E-state index contributed by atoms with van der Waals surface area (Å²) in [4.78, 5) is 4.39. The Kier molecular flexibility index (Phi) is 5.40. The van der Waals surface area contributed by atoms with Crippen LogP contribution in [0.15, 0.2) is 12.4 Å². The first-order valence-electron chi connectivity index (χ1n) is 7.66. The number of nitrogens with one attached hydrogen (secondary N) is 1. The van der Waals surface area contributed by atoms with Crippen LogP contribution in [0, 0.1) is 11.8 Å². The second-order valence-corrected chi connectivity index (χ2v) is 5.96. The van der Waals surface area contributed by atoms with Crippen LogP contribution in [0.5, 0.6) is 0 Å². The van der Waals surface area contributed by atoms with E-state index in [1.54, 1.807) is 0 Å². The number of imidazole rings is 1. The standard InChI is InChI=1S/C15H28N4/c1-3-12-4-6-13(7-5-12)14(18-16)8-9-15-17-10-11-19(15)2/h10-14,18H,3-9,16H2,1-2H3. The third-order valence-corrected chi connectivity index (χ3v) is 4.85. The van der Waals surface area contributed by atoms with Crippen LogP contribution in [0.2, 0.25) is 0 Å². The largest absolute Gasteiger partial charge is 0.338 e. The van der Waals surface area contributed by atoms with Gasteiger partial charge in [0.25, 0.3) is 0 Å². The second-order valence-electron chi connectivity index (χ2n) is 5.96. The Morgan fingerprint density at radius 2 is 2.16 bits per heavy atom. The minimum absolute atomic E-state index is 0.439. The van der Waals surface area contributed by atoms with Crippen molar-refractivity contribution >= 4 is 0 Å². The number of nitrogens with two attached hydrogens (primary N) is 1. The van der Waals surface area contributed by atoms with Gasteiger partial charge in [0.05, 0.1) is 0 Å². The molecule has 1 aromatic rings. The normalized spacial score (nSPS) is 25.4. The summed E-state index contributed by atoms with van der Waals surface area (Å²) >= 11 is 0. The van der Waals surface area contributed by atoms with Crippen molar-refractivity contribution < 1.29 is 0 Å². The van der Waals surface area contributed by atoms with E-state index in [0.29, 0.717) is 6.04 Å². The summed E-state index contributed by atoms with van der Waals surface area (Å²) in [6.07, 6.45) is 12.7. The van der Waals surface area contributed by atoms with E-state index in [4.69, 9.17) is 5.84 Å². The molecule has 4 nitrogen and oxygen atoms in total. The van der Waals surface area contributed by atoms with Gasteiger partial charge in [-0.2, -0.15) is 0 Å². The van der Waals surface area contributed by atoms with Gasteiger partial charge in [0.1, 0.15) is 5.82 Å². The smallest absolute Gasteiger partial charge is 0.108 e. The van der Waals surface area contributed by atoms with Crippen molar-refractivity contribution in [1.29, 1.82) is 0 Å². The molecule has 1 atom stereocenters. The average Bonchev–Trinajstić information content (AvgIpc) is 2.86. The van der Waals surface area contributed by atoms with Gasteiger partial charge in [0, 0.05) is 31.9 Å². The maximum Gasteiger partial charge on any atom is 0.108 e. The molecule has 3 N–H and O–H groups in total. The predicted molar refractivity (Wildman–Crippen MR) is 78.4 cm³/mol. The molecule has 108 valence electrons. The summed E-state index contributed by atoms with van der Waals surface area (Å²) in [5, 5.41) is 0. The van der Waals surface area contributed by atoms with Crippen LogP contribution in [0.25, 0.3) is 0 Å². The summed E-state index contributed by atoms with van der Waals surface area (Å²) in [5.74, 6) is 8.62. The highest BCUT2D eigenvalue weighted by atomic mass is 15.2. The molecule has 1 unspecified atom stereocenters. The lowest BCUT2D eigenvalue weighted by molar-refractivity contribution is 0.211. The third kappa shape index (κ3) is 3.80. The van der Waals surface area contributed by atoms with Crippen LogP contribution < -0.4 is 11.3 Å². The molecule has 1 aliphatic carbocycles. The Morgan fingerprint density at radius 3 is 2.68 bits per heavy atom. The Labute approximate surface area is 116 Å². The van der Waals surface area contributed by atoms with Crippen molar-refractivity contribution in [3.8, 4) is 0 Å². The number of hydrogen-bond donors (Lipinski definition) is 2. The molecule has 2 rings (SSSR count). The van der Waals surface area contributed by atoms with Crippen LogP contribution in [-0.2, 0) is 13.5 Å². The summed E-state index contributed by atoms with van der Waals surface area (Å²) in [6.45, 7) is 2.31.